The molecule has 0 aliphatic heterocycles. The van der Waals surface area contributed by atoms with Crippen LogP contribution in [-0.4, -0.2) is 24.4 Å². The molecule has 98 valence electrons. The minimum absolute atomic E-state index is 0.411. The van der Waals surface area contributed by atoms with Crippen molar-refractivity contribution in [3.8, 4) is 5.75 Å². The van der Waals surface area contributed by atoms with E-state index in [9.17, 15) is 28.1 Å². The minimum Gasteiger partial charge on any atom is -0.465 e. The number of nitro benzene ring substituents is 1. The molecule has 0 saturated heterocycles. The number of methoxy groups -OCH3 is 1. The summed E-state index contributed by atoms with van der Waals surface area (Å²) in [6, 6.07) is 2.04. The predicted octanol–water partition coefficient (Wildman–Crippen LogP) is 2.28. The van der Waals surface area contributed by atoms with E-state index in [2.05, 4.69) is 9.47 Å². The summed E-state index contributed by atoms with van der Waals surface area (Å²) in [5.74, 6) is -1.87. The molecule has 0 spiro atoms. The van der Waals surface area contributed by atoms with E-state index in [0.29, 0.717) is 12.1 Å². The second-order valence-corrected chi connectivity index (χ2v) is 3.01. The molecule has 0 radical (unpaired) electrons. The molecular weight excluding hydrogens is 259 g/mol. The van der Waals surface area contributed by atoms with Crippen molar-refractivity contribution < 1.29 is 32.4 Å². The van der Waals surface area contributed by atoms with Crippen molar-refractivity contribution in [1.82, 2.24) is 0 Å². The Balaban J connectivity index is 3.22. The molecule has 1 aromatic rings. The van der Waals surface area contributed by atoms with E-state index in [1.165, 1.54) is 0 Å². The molecule has 1 aromatic carbocycles. The van der Waals surface area contributed by atoms with Gasteiger partial charge in [0.15, 0.2) is 0 Å². The Kier molecular flexibility index (Phi) is 3.74. The summed E-state index contributed by atoms with van der Waals surface area (Å²) in [5.41, 5.74) is -1.12. The minimum atomic E-state index is -5.01. The molecule has 0 saturated carbocycles. The van der Waals surface area contributed by atoms with Gasteiger partial charge < -0.3 is 9.47 Å². The SMILES string of the molecule is COC(=O)c1cc(OC(F)(F)F)cc([N+](=O)[O-])c1. The van der Waals surface area contributed by atoms with E-state index in [4.69, 9.17) is 0 Å². The molecule has 0 aliphatic carbocycles. The fourth-order valence-corrected chi connectivity index (χ4v) is 1.12. The van der Waals surface area contributed by atoms with Crippen LogP contribution in [0.1, 0.15) is 10.4 Å². The van der Waals surface area contributed by atoms with Crippen molar-refractivity contribution in [1.29, 1.82) is 0 Å². The van der Waals surface area contributed by atoms with Crippen LogP contribution < -0.4 is 4.74 Å². The first-order chi connectivity index (χ1) is 8.23. The lowest BCUT2D eigenvalue weighted by molar-refractivity contribution is -0.385. The van der Waals surface area contributed by atoms with Crippen molar-refractivity contribution in [2.24, 2.45) is 0 Å². The Labute approximate surface area is 98.1 Å². The quantitative estimate of drug-likeness (QED) is 0.476. The smallest absolute Gasteiger partial charge is 0.465 e. The summed E-state index contributed by atoms with van der Waals surface area (Å²) in [7, 11) is 0.992. The molecule has 0 atom stereocenters. The van der Waals surface area contributed by atoms with Crippen molar-refractivity contribution in [3.05, 3.63) is 33.9 Å². The zero-order valence-electron chi connectivity index (χ0n) is 8.85. The van der Waals surface area contributed by atoms with Gasteiger partial charge in [0.05, 0.1) is 23.7 Å². The standard InChI is InChI=1S/C9H6F3NO5/c1-17-8(14)5-2-6(13(15)16)4-7(3-5)18-9(10,11)12/h2-4H,1H3. The summed E-state index contributed by atoms with van der Waals surface area (Å²) < 4.78 is 43.7. The molecule has 1 rings (SSSR count). The third kappa shape index (κ3) is 3.61. The number of rotatable bonds is 3. The molecule has 9 heteroatoms. The third-order valence-corrected chi connectivity index (χ3v) is 1.76. The van der Waals surface area contributed by atoms with Gasteiger partial charge in [0.2, 0.25) is 0 Å². The van der Waals surface area contributed by atoms with Crippen LogP contribution in [0.25, 0.3) is 0 Å². The van der Waals surface area contributed by atoms with Crippen molar-refractivity contribution in [3.63, 3.8) is 0 Å². The van der Waals surface area contributed by atoms with Crippen molar-refractivity contribution in [2.75, 3.05) is 7.11 Å². The summed E-state index contributed by atoms with van der Waals surface area (Å²) in [6.45, 7) is 0. The van der Waals surface area contributed by atoms with Gasteiger partial charge in [-0.05, 0) is 6.07 Å². The number of benzene rings is 1. The normalized spacial score (nSPS) is 10.9. The molecule has 0 unspecified atom stereocenters. The molecule has 6 nitrogen and oxygen atoms in total. The Bertz CT molecular complexity index is 486. The maximum Gasteiger partial charge on any atom is 0.573 e. The number of esters is 1. The molecular formula is C9H6F3NO5. The first-order valence-corrected chi connectivity index (χ1v) is 4.36. The van der Waals surface area contributed by atoms with E-state index in [1.54, 1.807) is 0 Å². The van der Waals surface area contributed by atoms with E-state index in [-0.39, 0.29) is 0 Å². The zero-order valence-corrected chi connectivity index (χ0v) is 8.85. The molecule has 0 bridgehead atoms. The molecule has 0 aromatic heterocycles. The molecule has 18 heavy (non-hydrogen) atoms. The van der Waals surface area contributed by atoms with Crippen LogP contribution in [0.4, 0.5) is 18.9 Å². The van der Waals surface area contributed by atoms with Crippen LogP contribution in [0, 0.1) is 10.1 Å². The third-order valence-electron chi connectivity index (χ3n) is 1.76. The molecule has 0 N–H and O–H groups in total. The van der Waals surface area contributed by atoms with Gasteiger partial charge in [-0.15, -0.1) is 13.2 Å². The van der Waals surface area contributed by atoms with Crippen LogP contribution in [0.3, 0.4) is 0 Å². The van der Waals surface area contributed by atoms with Crippen LogP contribution in [0.15, 0.2) is 18.2 Å². The summed E-state index contributed by atoms with van der Waals surface area (Å²) in [6.07, 6.45) is -5.01. The number of hydrogen-bond donors (Lipinski definition) is 0. The van der Waals surface area contributed by atoms with Gasteiger partial charge >= 0.3 is 12.3 Å². The topological polar surface area (TPSA) is 78.7 Å². The monoisotopic (exact) mass is 265 g/mol. The van der Waals surface area contributed by atoms with Crippen LogP contribution >= 0.6 is 0 Å². The predicted molar refractivity (Wildman–Crippen MR) is 51.1 cm³/mol. The van der Waals surface area contributed by atoms with Gasteiger partial charge in [-0.1, -0.05) is 0 Å². The van der Waals surface area contributed by atoms with Gasteiger partial charge in [0.25, 0.3) is 5.69 Å². The van der Waals surface area contributed by atoms with Crippen LogP contribution in [0.2, 0.25) is 0 Å². The number of carbonyl (C=O) groups is 1. The highest BCUT2D eigenvalue weighted by molar-refractivity contribution is 5.90. The fourth-order valence-electron chi connectivity index (χ4n) is 1.12. The van der Waals surface area contributed by atoms with Crippen LogP contribution in [0.5, 0.6) is 5.75 Å². The molecule has 0 aliphatic rings. The lowest BCUT2D eigenvalue weighted by atomic mass is 10.2. The number of nitrogens with zero attached hydrogens (tertiary/aromatic N) is 1. The number of ether oxygens (including phenoxy) is 2. The number of carbonyl (C=O) groups excluding carboxylic acids is 1. The Morgan fingerprint density at radius 1 is 1.33 bits per heavy atom. The summed E-state index contributed by atoms with van der Waals surface area (Å²) in [5, 5.41) is 10.5. The average Bonchev–Trinajstić information content (AvgIpc) is 2.25. The number of hydrogen-bond acceptors (Lipinski definition) is 5. The van der Waals surface area contributed by atoms with Gasteiger partial charge in [-0.25, -0.2) is 4.79 Å². The van der Waals surface area contributed by atoms with Gasteiger partial charge in [-0.2, -0.15) is 0 Å². The van der Waals surface area contributed by atoms with Gasteiger partial charge in [-0.3, -0.25) is 10.1 Å². The van der Waals surface area contributed by atoms with E-state index >= 15 is 0 Å². The highest BCUT2D eigenvalue weighted by Crippen LogP contribution is 2.28. The first-order valence-electron chi connectivity index (χ1n) is 4.36. The fraction of sp³-hybridized carbons (Fsp3) is 0.222. The first kappa shape index (κ1) is 13.7. The Morgan fingerprint density at radius 2 is 1.94 bits per heavy atom. The Morgan fingerprint density at radius 3 is 2.39 bits per heavy atom. The highest BCUT2D eigenvalue weighted by atomic mass is 19.4. The average molecular weight is 265 g/mol. The lowest BCUT2D eigenvalue weighted by Crippen LogP contribution is -2.17. The number of non-ortho nitro benzene ring substituents is 1. The molecule has 0 heterocycles. The summed E-state index contributed by atoms with van der Waals surface area (Å²) >= 11 is 0. The molecule has 0 fully saturated rings. The van der Waals surface area contributed by atoms with Crippen LogP contribution in [-0.2, 0) is 4.74 Å². The lowest BCUT2D eigenvalue weighted by Gasteiger charge is -2.09. The number of nitro groups is 1. The number of alkyl halides is 3. The van der Waals surface area contributed by atoms with Gasteiger partial charge in [0.1, 0.15) is 5.75 Å². The van der Waals surface area contributed by atoms with E-state index < -0.39 is 34.3 Å². The zero-order chi connectivity index (χ0) is 13.9. The summed E-state index contributed by atoms with van der Waals surface area (Å²) in [4.78, 5) is 20.7. The highest BCUT2D eigenvalue weighted by Gasteiger charge is 2.32. The van der Waals surface area contributed by atoms with Crippen molar-refractivity contribution >= 4 is 11.7 Å². The Hall–Kier alpha value is -2.32. The van der Waals surface area contributed by atoms with Gasteiger partial charge in [0, 0.05) is 6.07 Å². The second kappa shape index (κ2) is 4.90. The number of halogens is 3. The second-order valence-electron chi connectivity index (χ2n) is 3.01. The molecule has 0 amide bonds. The largest absolute Gasteiger partial charge is 0.573 e. The van der Waals surface area contributed by atoms with E-state index in [1.807, 2.05) is 0 Å². The maximum absolute atomic E-state index is 12.0. The van der Waals surface area contributed by atoms with Crippen molar-refractivity contribution in [2.45, 2.75) is 6.36 Å². The maximum atomic E-state index is 12.0. The van der Waals surface area contributed by atoms with E-state index in [0.717, 1.165) is 13.2 Å².